The SMILES string of the molecule is O=C(CN(CCO)CCO)N1CCCC1c1cccs1. The molecule has 0 radical (unpaired) electrons. The van der Waals surface area contributed by atoms with Gasteiger partial charge in [0.25, 0.3) is 0 Å². The summed E-state index contributed by atoms with van der Waals surface area (Å²) in [6.45, 7) is 1.91. The van der Waals surface area contributed by atoms with Crippen LogP contribution in [0.4, 0.5) is 0 Å². The normalized spacial score (nSPS) is 18.9. The third kappa shape index (κ3) is 3.79. The van der Waals surface area contributed by atoms with Gasteiger partial charge in [0.05, 0.1) is 25.8 Å². The van der Waals surface area contributed by atoms with E-state index in [1.54, 1.807) is 16.2 Å². The van der Waals surface area contributed by atoms with Crippen LogP contribution in [0.15, 0.2) is 17.5 Å². The predicted octanol–water partition coefficient (Wildman–Crippen LogP) is 0.698. The summed E-state index contributed by atoms with van der Waals surface area (Å²) in [6, 6.07) is 4.30. The molecule has 20 heavy (non-hydrogen) atoms. The molecule has 112 valence electrons. The van der Waals surface area contributed by atoms with E-state index in [1.807, 2.05) is 16.3 Å². The summed E-state index contributed by atoms with van der Waals surface area (Å²) in [5.74, 6) is 0.0859. The lowest BCUT2D eigenvalue weighted by Crippen LogP contribution is -2.42. The van der Waals surface area contributed by atoms with Crippen molar-refractivity contribution in [3.05, 3.63) is 22.4 Å². The second-order valence-corrected chi connectivity index (χ2v) is 5.96. The Labute approximate surface area is 123 Å². The molecule has 5 nitrogen and oxygen atoms in total. The average Bonchev–Trinajstić information content (AvgIpc) is 3.10. The Hall–Kier alpha value is -0.950. The van der Waals surface area contributed by atoms with E-state index in [0.29, 0.717) is 13.1 Å². The highest BCUT2D eigenvalue weighted by atomic mass is 32.1. The first-order valence-corrected chi connectivity index (χ1v) is 7.91. The predicted molar refractivity (Wildman–Crippen MR) is 78.6 cm³/mol. The van der Waals surface area contributed by atoms with Crippen LogP contribution in [0.2, 0.25) is 0 Å². The molecule has 6 heteroatoms. The van der Waals surface area contributed by atoms with Gasteiger partial charge in [-0.1, -0.05) is 6.07 Å². The van der Waals surface area contributed by atoms with E-state index < -0.39 is 0 Å². The summed E-state index contributed by atoms with van der Waals surface area (Å²) in [5.41, 5.74) is 0. The van der Waals surface area contributed by atoms with Gasteiger partial charge < -0.3 is 15.1 Å². The fourth-order valence-corrected chi connectivity index (χ4v) is 3.55. The minimum absolute atomic E-state index is 0.00162. The van der Waals surface area contributed by atoms with Gasteiger partial charge in [-0.3, -0.25) is 9.69 Å². The van der Waals surface area contributed by atoms with E-state index in [2.05, 4.69) is 6.07 Å². The Morgan fingerprint density at radius 2 is 2.15 bits per heavy atom. The van der Waals surface area contributed by atoms with Gasteiger partial charge in [-0.25, -0.2) is 0 Å². The van der Waals surface area contributed by atoms with Gasteiger partial charge in [0.2, 0.25) is 5.91 Å². The van der Waals surface area contributed by atoms with Crippen molar-refractivity contribution in [3.63, 3.8) is 0 Å². The zero-order chi connectivity index (χ0) is 14.4. The van der Waals surface area contributed by atoms with Crippen molar-refractivity contribution in [1.29, 1.82) is 0 Å². The molecule has 1 aliphatic rings. The first-order valence-electron chi connectivity index (χ1n) is 7.03. The number of aliphatic hydroxyl groups excluding tert-OH is 2. The van der Waals surface area contributed by atoms with E-state index in [9.17, 15) is 4.79 Å². The summed E-state index contributed by atoms with van der Waals surface area (Å²) in [6.07, 6.45) is 2.06. The lowest BCUT2D eigenvalue weighted by atomic mass is 10.2. The highest BCUT2D eigenvalue weighted by Gasteiger charge is 2.30. The molecule has 1 aromatic rings. The number of hydrogen-bond donors (Lipinski definition) is 2. The van der Waals surface area contributed by atoms with Crippen molar-refractivity contribution >= 4 is 17.2 Å². The molecular formula is C14H22N2O3S. The second kappa shape index (κ2) is 7.73. The number of hydrogen-bond acceptors (Lipinski definition) is 5. The largest absolute Gasteiger partial charge is 0.395 e. The maximum absolute atomic E-state index is 12.4. The van der Waals surface area contributed by atoms with Crippen molar-refractivity contribution in [1.82, 2.24) is 9.80 Å². The zero-order valence-corrected chi connectivity index (χ0v) is 12.4. The van der Waals surface area contributed by atoms with Gasteiger partial charge in [0.1, 0.15) is 0 Å². The molecule has 0 aliphatic carbocycles. The third-order valence-electron chi connectivity index (χ3n) is 3.64. The number of carbonyl (C=O) groups is 1. The average molecular weight is 298 g/mol. The summed E-state index contributed by atoms with van der Waals surface area (Å²) in [7, 11) is 0. The van der Waals surface area contributed by atoms with Crippen LogP contribution >= 0.6 is 11.3 Å². The smallest absolute Gasteiger partial charge is 0.237 e. The van der Waals surface area contributed by atoms with Crippen molar-refractivity contribution in [2.45, 2.75) is 18.9 Å². The van der Waals surface area contributed by atoms with Crippen LogP contribution in [0.1, 0.15) is 23.8 Å². The van der Waals surface area contributed by atoms with E-state index >= 15 is 0 Å². The topological polar surface area (TPSA) is 64.0 Å². The quantitative estimate of drug-likeness (QED) is 0.778. The fourth-order valence-electron chi connectivity index (χ4n) is 2.68. The molecule has 1 aliphatic heterocycles. The molecule has 0 bridgehead atoms. The van der Waals surface area contributed by atoms with Gasteiger partial charge in [-0.15, -0.1) is 11.3 Å². The third-order valence-corrected chi connectivity index (χ3v) is 4.61. The number of nitrogens with zero attached hydrogens (tertiary/aromatic N) is 2. The molecule has 1 amide bonds. The molecule has 0 aromatic carbocycles. The Bertz CT molecular complexity index is 405. The summed E-state index contributed by atoms with van der Waals surface area (Å²) in [4.78, 5) is 17.4. The van der Waals surface area contributed by atoms with Crippen molar-refractivity contribution < 1.29 is 15.0 Å². The van der Waals surface area contributed by atoms with Crippen LogP contribution in [0.3, 0.4) is 0 Å². The molecular weight excluding hydrogens is 276 g/mol. The Balaban J connectivity index is 1.96. The lowest BCUT2D eigenvalue weighted by molar-refractivity contribution is -0.133. The van der Waals surface area contributed by atoms with Crippen LogP contribution in [-0.2, 0) is 4.79 Å². The van der Waals surface area contributed by atoms with Gasteiger partial charge in [-0.2, -0.15) is 0 Å². The minimum Gasteiger partial charge on any atom is -0.395 e. The number of carbonyl (C=O) groups excluding carboxylic acids is 1. The second-order valence-electron chi connectivity index (χ2n) is 4.98. The molecule has 2 heterocycles. The summed E-state index contributed by atoms with van der Waals surface area (Å²) < 4.78 is 0. The van der Waals surface area contributed by atoms with Crippen molar-refractivity contribution in [2.75, 3.05) is 39.4 Å². The molecule has 2 rings (SSSR count). The lowest BCUT2D eigenvalue weighted by Gasteiger charge is -2.27. The summed E-state index contributed by atoms with van der Waals surface area (Å²) in [5, 5.41) is 20.0. The van der Waals surface area contributed by atoms with Crippen molar-refractivity contribution in [2.24, 2.45) is 0 Å². The minimum atomic E-state index is 0.00162. The van der Waals surface area contributed by atoms with Crippen LogP contribution in [-0.4, -0.2) is 65.3 Å². The highest BCUT2D eigenvalue weighted by molar-refractivity contribution is 7.10. The van der Waals surface area contributed by atoms with Gasteiger partial charge in [-0.05, 0) is 24.3 Å². The van der Waals surface area contributed by atoms with Gasteiger partial charge in [0, 0.05) is 24.5 Å². The first kappa shape index (κ1) is 15.4. The molecule has 1 aromatic heterocycles. The zero-order valence-electron chi connectivity index (χ0n) is 11.6. The number of aliphatic hydroxyl groups is 2. The maximum Gasteiger partial charge on any atom is 0.237 e. The monoisotopic (exact) mass is 298 g/mol. The van der Waals surface area contributed by atoms with Crippen LogP contribution < -0.4 is 0 Å². The highest BCUT2D eigenvalue weighted by Crippen LogP contribution is 2.34. The van der Waals surface area contributed by atoms with E-state index in [4.69, 9.17) is 10.2 Å². The van der Waals surface area contributed by atoms with Crippen LogP contribution in [0, 0.1) is 0 Å². The number of rotatable bonds is 7. The molecule has 0 saturated carbocycles. The van der Waals surface area contributed by atoms with Crippen LogP contribution in [0.5, 0.6) is 0 Å². The van der Waals surface area contributed by atoms with Gasteiger partial charge >= 0.3 is 0 Å². The number of likely N-dealkylation sites (tertiary alicyclic amines) is 1. The van der Waals surface area contributed by atoms with Crippen molar-refractivity contribution in [3.8, 4) is 0 Å². The molecule has 1 atom stereocenters. The molecule has 1 fully saturated rings. The van der Waals surface area contributed by atoms with E-state index in [0.717, 1.165) is 19.4 Å². The standard InChI is InChI=1S/C14H22N2O3S/c17-8-6-15(7-9-18)11-14(19)16-5-1-3-12(16)13-4-2-10-20-13/h2,4,10,12,17-18H,1,3,5-9,11H2. The number of thiophene rings is 1. The molecule has 2 N–H and O–H groups in total. The first-order chi connectivity index (χ1) is 9.76. The molecule has 1 saturated heterocycles. The van der Waals surface area contributed by atoms with Gasteiger partial charge in [0.15, 0.2) is 0 Å². The Morgan fingerprint density at radius 3 is 2.75 bits per heavy atom. The molecule has 0 spiro atoms. The Kier molecular flexibility index (Phi) is 5.97. The molecule has 1 unspecified atom stereocenters. The maximum atomic E-state index is 12.4. The van der Waals surface area contributed by atoms with Crippen LogP contribution in [0.25, 0.3) is 0 Å². The van der Waals surface area contributed by atoms with E-state index in [1.165, 1.54) is 4.88 Å². The fraction of sp³-hybridized carbons (Fsp3) is 0.643. The van der Waals surface area contributed by atoms with E-state index in [-0.39, 0.29) is 31.7 Å². The summed E-state index contributed by atoms with van der Waals surface area (Å²) >= 11 is 1.69. The number of amides is 1. The Morgan fingerprint density at radius 1 is 1.40 bits per heavy atom.